The van der Waals surface area contributed by atoms with E-state index in [2.05, 4.69) is 9.62 Å². The fraction of sp³-hybridized carbons (Fsp3) is 0.647. The highest BCUT2D eigenvalue weighted by molar-refractivity contribution is 7.89. The molecule has 2 fully saturated rings. The lowest BCUT2D eigenvalue weighted by Gasteiger charge is -2.42. The summed E-state index contributed by atoms with van der Waals surface area (Å²) < 4.78 is 28.3. The van der Waals surface area contributed by atoms with Crippen LogP contribution in [0.5, 0.6) is 0 Å². The Labute approximate surface area is 149 Å². The van der Waals surface area contributed by atoms with Crippen LogP contribution in [0.1, 0.15) is 38.5 Å². The van der Waals surface area contributed by atoms with E-state index >= 15 is 0 Å². The lowest BCUT2D eigenvalue weighted by atomic mass is 9.88. The van der Waals surface area contributed by atoms with Gasteiger partial charge in [-0.05, 0) is 49.9 Å². The number of rotatable bonds is 4. The van der Waals surface area contributed by atoms with E-state index in [-0.39, 0.29) is 23.1 Å². The molecule has 0 spiro atoms. The highest BCUT2D eigenvalue weighted by Gasteiger charge is 2.34. The molecule has 0 aromatic heterocycles. The van der Waals surface area contributed by atoms with Crippen molar-refractivity contribution in [3.05, 3.63) is 29.3 Å². The molecular formula is C17H25ClN2O3S. The predicted molar refractivity (Wildman–Crippen MR) is 94.6 cm³/mol. The van der Waals surface area contributed by atoms with Crippen LogP contribution in [0.15, 0.2) is 29.2 Å². The fourth-order valence-electron chi connectivity index (χ4n) is 3.78. The molecule has 134 valence electrons. The van der Waals surface area contributed by atoms with Gasteiger partial charge in [0.1, 0.15) is 0 Å². The second-order valence-corrected chi connectivity index (χ2v) is 8.95. The number of hydrogen-bond acceptors (Lipinski definition) is 4. The topological polar surface area (TPSA) is 69.6 Å². The number of piperidine rings is 1. The Morgan fingerprint density at radius 3 is 2.33 bits per heavy atom. The van der Waals surface area contributed by atoms with Crippen molar-refractivity contribution >= 4 is 21.6 Å². The van der Waals surface area contributed by atoms with Crippen LogP contribution in [0.3, 0.4) is 0 Å². The molecule has 5 nitrogen and oxygen atoms in total. The van der Waals surface area contributed by atoms with Gasteiger partial charge >= 0.3 is 0 Å². The molecule has 0 amide bonds. The number of likely N-dealkylation sites (tertiary alicyclic amines) is 1. The first-order chi connectivity index (χ1) is 11.5. The molecule has 1 aromatic carbocycles. The Bertz CT molecular complexity index is 642. The van der Waals surface area contributed by atoms with Gasteiger partial charge in [-0.2, -0.15) is 0 Å². The molecular weight excluding hydrogens is 348 g/mol. The molecule has 1 aromatic rings. The van der Waals surface area contributed by atoms with E-state index in [1.807, 2.05) is 0 Å². The molecule has 1 saturated heterocycles. The quantitative estimate of drug-likeness (QED) is 0.851. The van der Waals surface area contributed by atoms with Gasteiger partial charge in [-0.1, -0.05) is 24.4 Å². The number of nitrogens with zero attached hydrogens (tertiary/aromatic N) is 1. The Balaban J connectivity index is 1.72. The first-order valence-corrected chi connectivity index (χ1v) is 10.5. The minimum Gasteiger partial charge on any atom is -0.393 e. The van der Waals surface area contributed by atoms with Gasteiger partial charge < -0.3 is 5.11 Å². The van der Waals surface area contributed by atoms with Crippen LogP contribution in [0.25, 0.3) is 0 Å². The van der Waals surface area contributed by atoms with Crippen LogP contribution in [0.4, 0.5) is 0 Å². The van der Waals surface area contributed by atoms with Crippen LogP contribution < -0.4 is 4.72 Å². The van der Waals surface area contributed by atoms with Crippen LogP contribution in [-0.2, 0) is 10.0 Å². The number of benzene rings is 1. The average molecular weight is 373 g/mol. The maximum Gasteiger partial charge on any atom is 0.240 e. The minimum atomic E-state index is -3.54. The van der Waals surface area contributed by atoms with Gasteiger partial charge in [0, 0.05) is 30.2 Å². The van der Waals surface area contributed by atoms with Crippen LogP contribution in [-0.4, -0.2) is 49.7 Å². The molecule has 0 bridgehead atoms. The fourth-order valence-corrected chi connectivity index (χ4v) is 5.21. The molecule has 3 rings (SSSR count). The summed E-state index contributed by atoms with van der Waals surface area (Å²) >= 11 is 5.85. The Kier molecular flexibility index (Phi) is 5.82. The van der Waals surface area contributed by atoms with Gasteiger partial charge in [0.15, 0.2) is 0 Å². The maximum atomic E-state index is 12.7. The third-order valence-corrected chi connectivity index (χ3v) is 6.89. The molecule has 2 atom stereocenters. The van der Waals surface area contributed by atoms with Crippen molar-refractivity contribution in [2.24, 2.45) is 0 Å². The average Bonchev–Trinajstić information content (AvgIpc) is 2.56. The third kappa shape index (κ3) is 4.29. The SMILES string of the molecule is O=S(=O)(N[C@@H]1CCCC[C@H]1N1CCC(O)CC1)c1ccc(Cl)cc1. The van der Waals surface area contributed by atoms with Crippen molar-refractivity contribution in [2.45, 2.75) is 61.6 Å². The lowest BCUT2D eigenvalue weighted by Crippen LogP contribution is -2.55. The Hall–Kier alpha value is -0.660. The van der Waals surface area contributed by atoms with E-state index in [1.54, 1.807) is 24.3 Å². The number of aliphatic hydroxyl groups is 1. The smallest absolute Gasteiger partial charge is 0.240 e. The van der Waals surface area contributed by atoms with E-state index < -0.39 is 10.0 Å². The zero-order chi connectivity index (χ0) is 17.2. The summed E-state index contributed by atoms with van der Waals surface area (Å²) in [6.45, 7) is 1.68. The van der Waals surface area contributed by atoms with Crippen LogP contribution in [0, 0.1) is 0 Å². The molecule has 2 aliphatic rings. The molecule has 1 heterocycles. The summed E-state index contributed by atoms with van der Waals surface area (Å²) in [5, 5.41) is 10.2. The number of halogens is 1. The summed E-state index contributed by atoms with van der Waals surface area (Å²) in [6.07, 6.45) is 5.36. The highest BCUT2D eigenvalue weighted by atomic mass is 35.5. The number of aliphatic hydroxyl groups excluding tert-OH is 1. The molecule has 1 saturated carbocycles. The van der Waals surface area contributed by atoms with E-state index in [9.17, 15) is 13.5 Å². The summed E-state index contributed by atoms with van der Waals surface area (Å²) in [5.74, 6) is 0. The van der Waals surface area contributed by atoms with Crippen molar-refractivity contribution in [2.75, 3.05) is 13.1 Å². The van der Waals surface area contributed by atoms with Gasteiger partial charge in [0.25, 0.3) is 0 Å². The minimum absolute atomic E-state index is 0.0744. The molecule has 7 heteroatoms. The molecule has 1 aliphatic heterocycles. The van der Waals surface area contributed by atoms with Gasteiger partial charge in [-0.3, -0.25) is 4.90 Å². The van der Waals surface area contributed by atoms with Crippen molar-refractivity contribution in [1.82, 2.24) is 9.62 Å². The standard InChI is InChI=1S/C17H25ClN2O3S/c18-13-5-7-15(8-6-13)24(22,23)19-16-3-1-2-4-17(16)20-11-9-14(21)10-12-20/h5-8,14,16-17,19,21H,1-4,9-12H2/t16-,17-/m1/s1. The van der Waals surface area contributed by atoms with E-state index in [0.717, 1.165) is 51.6 Å². The molecule has 0 radical (unpaired) electrons. The predicted octanol–water partition coefficient (Wildman–Crippen LogP) is 2.39. The van der Waals surface area contributed by atoms with E-state index in [4.69, 9.17) is 11.6 Å². The zero-order valence-electron chi connectivity index (χ0n) is 13.7. The normalized spacial score (nSPS) is 27.2. The number of nitrogens with one attached hydrogen (secondary N) is 1. The van der Waals surface area contributed by atoms with Crippen molar-refractivity contribution in [3.8, 4) is 0 Å². The number of hydrogen-bond donors (Lipinski definition) is 2. The molecule has 0 unspecified atom stereocenters. The van der Waals surface area contributed by atoms with E-state index in [0.29, 0.717) is 5.02 Å². The molecule has 2 N–H and O–H groups in total. The third-order valence-electron chi connectivity index (χ3n) is 5.13. The van der Waals surface area contributed by atoms with Gasteiger partial charge in [-0.25, -0.2) is 13.1 Å². The van der Waals surface area contributed by atoms with Gasteiger partial charge in [0.05, 0.1) is 11.0 Å². The lowest BCUT2D eigenvalue weighted by molar-refractivity contribution is 0.0420. The summed E-state index contributed by atoms with van der Waals surface area (Å²) in [4.78, 5) is 2.60. The van der Waals surface area contributed by atoms with Crippen molar-refractivity contribution in [1.29, 1.82) is 0 Å². The van der Waals surface area contributed by atoms with Crippen LogP contribution >= 0.6 is 11.6 Å². The summed E-state index contributed by atoms with van der Waals surface area (Å²) in [5.41, 5.74) is 0. The second kappa shape index (κ2) is 7.70. The monoisotopic (exact) mass is 372 g/mol. The Morgan fingerprint density at radius 1 is 1.04 bits per heavy atom. The first kappa shape index (κ1) is 18.1. The second-order valence-electron chi connectivity index (χ2n) is 6.80. The first-order valence-electron chi connectivity index (χ1n) is 8.66. The molecule has 1 aliphatic carbocycles. The van der Waals surface area contributed by atoms with Gasteiger partial charge in [-0.15, -0.1) is 0 Å². The highest BCUT2D eigenvalue weighted by Crippen LogP contribution is 2.27. The Morgan fingerprint density at radius 2 is 1.67 bits per heavy atom. The van der Waals surface area contributed by atoms with Crippen LogP contribution in [0.2, 0.25) is 5.02 Å². The van der Waals surface area contributed by atoms with Gasteiger partial charge in [0.2, 0.25) is 10.0 Å². The largest absolute Gasteiger partial charge is 0.393 e. The summed E-state index contributed by atoms with van der Waals surface area (Å²) in [7, 11) is -3.54. The number of sulfonamides is 1. The van der Waals surface area contributed by atoms with E-state index in [1.165, 1.54) is 0 Å². The summed E-state index contributed by atoms with van der Waals surface area (Å²) in [6, 6.07) is 6.42. The van der Waals surface area contributed by atoms with Crippen molar-refractivity contribution < 1.29 is 13.5 Å². The maximum absolute atomic E-state index is 12.7. The molecule has 24 heavy (non-hydrogen) atoms. The zero-order valence-corrected chi connectivity index (χ0v) is 15.3. The van der Waals surface area contributed by atoms with Crippen molar-refractivity contribution in [3.63, 3.8) is 0 Å².